The van der Waals surface area contributed by atoms with Crippen LogP contribution < -0.4 is 5.32 Å². The predicted molar refractivity (Wildman–Crippen MR) is 93.8 cm³/mol. The molecule has 3 aliphatic rings. The predicted octanol–water partition coefficient (Wildman–Crippen LogP) is 3.27. The van der Waals surface area contributed by atoms with E-state index in [1.807, 2.05) is 11.3 Å². The Morgan fingerprint density at radius 3 is 2.83 bits per heavy atom. The zero-order valence-corrected chi connectivity index (χ0v) is 15.0. The second-order valence-corrected chi connectivity index (χ2v) is 8.23. The smallest absolute Gasteiger partial charge is 0.323 e. The molecule has 0 radical (unpaired) electrons. The fourth-order valence-electron chi connectivity index (χ4n) is 4.58. The van der Waals surface area contributed by atoms with Gasteiger partial charge < -0.3 is 5.32 Å². The highest BCUT2D eigenvalue weighted by atomic mass is 32.1. The minimum absolute atomic E-state index is 0.00170. The molecular weight excluding hydrogens is 322 g/mol. The molecule has 0 aromatic carbocycles. The van der Waals surface area contributed by atoms with Crippen LogP contribution >= 0.6 is 11.3 Å². The number of hydrogen-bond donors (Lipinski definition) is 1. The van der Waals surface area contributed by atoms with Crippen LogP contribution in [0.15, 0.2) is 11.4 Å². The molecule has 130 valence electrons. The standard InChI is InChI=1S/C18H25N3O2S/c1-2-14-13-7-11-24-15(13)6-10-20(14)12-21-16(22)18(19-17(21)23)8-4-3-5-9-18/h7,11,14H,2-6,8-10,12H2,1H3,(H,19,23)/t14-/m1/s1. The molecule has 1 N–H and O–H groups in total. The van der Waals surface area contributed by atoms with E-state index in [4.69, 9.17) is 0 Å². The molecule has 1 aromatic rings. The van der Waals surface area contributed by atoms with Gasteiger partial charge in [0.1, 0.15) is 5.54 Å². The Kier molecular flexibility index (Phi) is 4.12. The summed E-state index contributed by atoms with van der Waals surface area (Å²) in [6, 6.07) is 2.31. The van der Waals surface area contributed by atoms with Gasteiger partial charge in [0.2, 0.25) is 0 Å². The summed E-state index contributed by atoms with van der Waals surface area (Å²) in [6.07, 6.45) is 6.81. The maximum Gasteiger partial charge on any atom is 0.326 e. The van der Waals surface area contributed by atoms with E-state index in [1.165, 1.54) is 15.3 Å². The van der Waals surface area contributed by atoms with Crippen LogP contribution in [0.25, 0.3) is 0 Å². The normalized spacial score (nSPS) is 26.7. The SMILES string of the molecule is CC[C@@H]1c2ccsc2CCN1CN1C(=O)NC2(CCCCC2)C1=O. The zero-order chi connectivity index (χ0) is 16.7. The molecule has 1 spiro atoms. The van der Waals surface area contributed by atoms with Crippen LogP contribution in [0.5, 0.6) is 0 Å². The summed E-state index contributed by atoms with van der Waals surface area (Å²) in [5.41, 5.74) is 0.772. The van der Waals surface area contributed by atoms with Gasteiger partial charge in [-0.3, -0.25) is 9.69 Å². The number of carbonyl (C=O) groups excluding carboxylic acids is 2. The van der Waals surface area contributed by atoms with Crippen LogP contribution in [-0.2, 0) is 11.2 Å². The number of nitrogens with zero attached hydrogens (tertiary/aromatic N) is 2. The molecule has 6 heteroatoms. The lowest BCUT2D eigenvalue weighted by Crippen LogP contribution is -2.49. The Balaban J connectivity index is 1.53. The minimum atomic E-state index is -0.611. The van der Waals surface area contributed by atoms with E-state index in [0.29, 0.717) is 12.7 Å². The molecule has 1 aliphatic carbocycles. The molecule has 3 heterocycles. The fraction of sp³-hybridized carbons (Fsp3) is 0.667. The monoisotopic (exact) mass is 347 g/mol. The van der Waals surface area contributed by atoms with E-state index in [2.05, 4.69) is 28.6 Å². The van der Waals surface area contributed by atoms with Gasteiger partial charge in [0, 0.05) is 17.5 Å². The maximum absolute atomic E-state index is 13.0. The van der Waals surface area contributed by atoms with Gasteiger partial charge in [-0.1, -0.05) is 26.2 Å². The van der Waals surface area contributed by atoms with Crippen molar-refractivity contribution in [3.05, 3.63) is 21.9 Å². The molecule has 1 aromatic heterocycles. The first-order chi connectivity index (χ1) is 11.6. The Morgan fingerprint density at radius 1 is 1.29 bits per heavy atom. The van der Waals surface area contributed by atoms with Gasteiger partial charge >= 0.3 is 6.03 Å². The first-order valence-corrected chi connectivity index (χ1v) is 9.97. The van der Waals surface area contributed by atoms with Gasteiger partial charge in [0.25, 0.3) is 5.91 Å². The fourth-order valence-corrected chi connectivity index (χ4v) is 5.50. The van der Waals surface area contributed by atoms with E-state index in [1.54, 1.807) is 0 Å². The highest BCUT2D eigenvalue weighted by molar-refractivity contribution is 7.10. The zero-order valence-electron chi connectivity index (χ0n) is 14.2. The first kappa shape index (κ1) is 16.1. The van der Waals surface area contributed by atoms with Crippen molar-refractivity contribution in [2.75, 3.05) is 13.2 Å². The number of nitrogens with one attached hydrogen (secondary N) is 1. The molecule has 24 heavy (non-hydrogen) atoms. The Hall–Kier alpha value is -1.40. The van der Waals surface area contributed by atoms with E-state index in [0.717, 1.165) is 51.5 Å². The molecule has 1 saturated heterocycles. The third-order valence-electron chi connectivity index (χ3n) is 5.87. The van der Waals surface area contributed by atoms with Crippen molar-refractivity contribution in [1.29, 1.82) is 0 Å². The van der Waals surface area contributed by atoms with Gasteiger partial charge in [-0.25, -0.2) is 9.69 Å². The van der Waals surface area contributed by atoms with Gasteiger partial charge in [-0.2, -0.15) is 0 Å². The van der Waals surface area contributed by atoms with E-state index in [9.17, 15) is 9.59 Å². The lowest BCUT2D eigenvalue weighted by Gasteiger charge is -2.37. The number of imide groups is 1. The van der Waals surface area contributed by atoms with E-state index >= 15 is 0 Å². The molecule has 2 fully saturated rings. The van der Waals surface area contributed by atoms with Crippen molar-refractivity contribution in [1.82, 2.24) is 15.1 Å². The lowest BCUT2D eigenvalue weighted by molar-refractivity contribution is -0.134. The van der Waals surface area contributed by atoms with Crippen molar-refractivity contribution in [3.8, 4) is 0 Å². The van der Waals surface area contributed by atoms with Gasteiger partial charge in [-0.05, 0) is 42.7 Å². The van der Waals surface area contributed by atoms with E-state index < -0.39 is 5.54 Å². The number of amides is 3. The molecule has 1 atom stereocenters. The number of fused-ring (bicyclic) bond motifs is 1. The molecule has 5 nitrogen and oxygen atoms in total. The van der Waals surface area contributed by atoms with Crippen LogP contribution in [0, 0.1) is 0 Å². The van der Waals surface area contributed by atoms with Crippen LogP contribution in [0.2, 0.25) is 0 Å². The summed E-state index contributed by atoms with van der Waals surface area (Å²) in [5, 5.41) is 5.17. The largest absolute Gasteiger partial charge is 0.326 e. The molecule has 0 bridgehead atoms. The van der Waals surface area contributed by atoms with Crippen LogP contribution in [0.1, 0.15) is 61.9 Å². The topological polar surface area (TPSA) is 52.6 Å². The summed E-state index contributed by atoms with van der Waals surface area (Å²) < 4.78 is 0. The Labute approximate surface area is 147 Å². The second kappa shape index (κ2) is 6.15. The summed E-state index contributed by atoms with van der Waals surface area (Å²) in [7, 11) is 0. The van der Waals surface area contributed by atoms with Crippen molar-refractivity contribution in [2.45, 2.75) is 63.5 Å². The average Bonchev–Trinajstić information content (AvgIpc) is 3.15. The summed E-state index contributed by atoms with van der Waals surface area (Å²) >= 11 is 1.82. The number of thiophene rings is 1. The molecule has 4 rings (SSSR count). The maximum atomic E-state index is 13.0. The number of rotatable bonds is 3. The highest BCUT2D eigenvalue weighted by Gasteiger charge is 2.51. The van der Waals surface area contributed by atoms with Crippen molar-refractivity contribution < 1.29 is 9.59 Å². The Morgan fingerprint density at radius 2 is 2.08 bits per heavy atom. The molecular formula is C18H25N3O2S. The van der Waals surface area contributed by atoms with Crippen molar-refractivity contribution >= 4 is 23.3 Å². The molecule has 2 aliphatic heterocycles. The molecule has 1 saturated carbocycles. The van der Waals surface area contributed by atoms with Crippen LogP contribution in [-0.4, -0.2) is 40.5 Å². The van der Waals surface area contributed by atoms with Crippen LogP contribution in [0.4, 0.5) is 4.79 Å². The molecule has 3 amide bonds. The van der Waals surface area contributed by atoms with Crippen molar-refractivity contribution in [3.63, 3.8) is 0 Å². The number of carbonyl (C=O) groups is 2. The highest BCUT2D eigenvalue weighted by Crippen LogP contribution is 2.37. The Bertz CT molecular complexity index is 650. The lowest BCUT2D eigenvalue weighted by atomic mass is 9.82. The average molecular weight is 347 g/mol. The summed E-state index contributed by atoms with van der Waals surface area (Å²) in [4.78, 5) is 30.7. The van der Waals surface area contributed by atoms with Crippen LogP contribution in [0.3, 0.4) is 0 Å². The first-order valence-electron chi connectivity index (χ1n) is 9.09. The van der Waals surface area contributed by atoms with Gasteiger partial charge in [0.05, 0.1) is 6.67 Å². The summed E-state index contributed by atoms with van der Waals surface area (Å²) in [5.74, 6) is -0.00170. The van der Waals surface area contributed by atoms with E-state index in [-0.39, 0.29) is 11.9 Å². The number of urea groups is 1. The quantitative estimate of drug-likeness (QED) is 0.854. The third-order valence-corrected chi connectivity index (χ3v) is 6.87. The second-order valence-electron chi connectivity index (χ2n) is 7.23. The minimum Gasteiger partial charge on any atom is -0.323 e. The van der Waals surface area contributed by atoms with Gasteiger partial charge in [0.15, 0.2) is 0 Å². The summed E-state index contributed by atoms with van der Waals surface area (Å²) in [6.45, 7) is 3.51. The molecule has 0 unspecified atom stereocenters. The van der Waals surface area contributed by atoms with Crippen molar-refractivity contribution in [2.24, 2.45) is 0 Å². The van der Waals surface area contributed by atoms with Gasteiger partial charge in [-0.15, -0.1) is 11.3 Å². The third kappa shape index (κ3) is 2.47. The number of hydrogen-bond acceptors (Lipinski definition) is 4.